The molecule has 0 aliphatic heterocycles. The number of halogens is 2. The molecule has 0 spiro atoms. The SMILES string of the molecule is Clc1ccc(-n2cc(CCCNC3CC3)cn2)c(Cl)c1. The van der Waals surface area contributed by atoms with E-state index in [4.69, 9.17) is 23.2 Å². The number of hydrogen-bond donors (Lipinski definition) is 1. The standard InChI is InChI=1S/C15H17Cl2N3/c16-12-3-6-15(14(17)8-12)20-10-11(9-19-20)2-1-7-18-13-4-5-13/h3,6,8-10,13,18H,1-2,4-5,7H2. The molecule has 1 fully saturated rings. The largest absolute Gasteiger partial charge is 0.314 e. The lowest BCUT2D eigenvalue weighted by molar-refractivity contribution is 0.645. The molecule has 20 heavy (non-hydrogen) atoms. The lowest BCUT2D eigenvalue weighted by Crippen LogP contribution is -2.17. The van der Waals surface area contributed by atoms with Crippen molar-refractivity contribution >= 4 is 23.2 Å². The number of aryl methyl sites for hydroxylation is 1. The Hall–Kier alpha value is -1.03. The first-order chi connectivity index (χ1) is 9.72. The fourth-order valence-electron chi connectivity index (χ4n) is 2.17. The first-order valence-corrected chi connectivity index (χ1v) is 7.70. The maximum atomic E-state index is 6.19. The average molecular weight is 310 g/mol. The summed E-state index contributed by atoms with van der Waals surface area (Å²) in [7, 11) is 0. The number of benzene rings is 1. The van der Waals surface area contributed by atoms with Gasteiger partial charge in [0.1, 0.15) is 0 Å². The van der Waals surface area contributed by atoms with Crippen molar-refractivity contribution < 1.29 is 0 Å². The van der Waals surface area contributed by atoms with Crippen LogP contribution in [0.1, 0.15) is 24.8 Å². The highest BCUT2D eigenvalue weighted by molar-refractivity contribution is 6.35. The van der Waals surface area contributed by atoms with Gasteiger partial charge >= 0.3 is 0 Å². The molecule has 1 aliphatic carbocycles. The first kappa shape index (κ1) is 13.9. The van der Waals surface area contributed by atoms with Gasteiger partial charge in [-0.1, -0.05) is 23.2 Å². The minimum absolute atomic E-state index is 0.613. The zero-order chi connectivity index (χ0) is 13.9. The van der Waals surface area contributed by atoms with E-state index in [1.165, 1.54) is 18.4 Å². The van der Waals surface area contributed by atoms with E-state index in [-0.39, 0.29) is 0 Å². The maximum absolute atomic E-state index is 6.19. The van der Waals surface area contributed by atoms with E-state index >= 15 is 0 Å². The third-order valence-corrected chi connectivity index (χ3v) is 3.98. The number of aromatic nitrogens is 2. The molecule has 1 heterocycles. The van der Waals surface area contributed by atoms with Crippen molar-refractivity contribution in [2.24, 2.45) is 0 Å². The van der Waals surface area contributed by atoms with Crippen LogP contribution in [0.3, 0.4) is 0 Å². The Morgan fingerprint density at radius 2 is 2.15 bits per heavy atom. The summed E-state index contributed by atoms with van der Waals surface area (Å²) < 4.78 is 1.81. The van der Waals surface area contributed by atoms with Crippen LogP contribution in [0.2, 0.25) is 10.0 Å². The first-order valence-electron chi connectivity index (χ1n) is 6.95. The van der Waals surface area contributed by atoms with Gasteiger partial charge in [0.05, 0.1) is 16.9 Å². The molecule has 3 rings (SSSR count). The molecular weight excluding hydrogens is 293 g/mol. The van der Waals surface area contributed by atoms with E-state index in [0.29, 0.717) is 10.0 Å². The molecule has 1 aromatic carbocycles. The van der Waals surface area contributed by atoms with Crippen LogP contribution in [0.25, 0.3) is 5.69 Å². The molecule has 1 N–H and O–H groups in total. The maximum Gasteiger partial charge on any atom is 0.0832 e. The van der Waals surface area contributed by atoms with E-state index in [0.717, 1.165) is 31.1 Å². The van der Waals surface area contributed by atoms with Crippen LogP contribution >= 0.6 is 23.2 Å². The lowest BCUT2D eigenvalue weighted by Gasteiger charge is -2.04. The molecular formula is C15H17Cl2N3. The topological polar surface area (TPSA) is 29.9 Å². The highest BCUT2D eigenvalue weighted by atomic mass is 35.5. The van der Waals surface area contributed by atoms with Gasteiger partial charge in [-0.25, -0.2) is 4.68 Å². The molecule has 0 atom stereocenters. The number of nitrogens with one attached hydrogen (secondary N) is 1. The second-order valence-electron chi connectivity index (χ2n) is 5.22. The summed E-state index contributed by atoms with van der Waals surface area (Å²) in [6.45, 7) is 1.08. The van der Waals surface area contributed by atoms with Crippen molar-refractivity contribution in [3.05, 3.63) is 46.2 Å². The number of nitrogens with zero attached hydrogens (tertiary/aromatic N) is 2. The smallest absolute Gasteiger partial charge is 0.0832 e. The van der Waals surface area contributed by atoms with E-state index in [1.807, 2.05) is 29.2 Å². The highest BCUT2D eigenvalue weighted by Gasteiger charge is 2.19. The van der Waals surface area contributed by atoms with Crippen molar-refractivity contribution in [2.45, 2.75) is 31.7 Å². The van der Waals surface area contributed by atoms with Gasteiger partial charge < -0.3 is 5.32 Å². The fourth-order valence-corrected chi connectivity index (χ4v) is 2.67. The third kappa shape index (κ3) is 3.54. The monoisotopic (exact) mass is 309 g/mol. The Bertz CT molecular complexity index is 591. The normalized spacial score (nSPS) is 14.7. The highest BCUT2D eigenvalue weighted by Crippen LogP contribution is 2.24. The Labute approximate surface area is 128 Å². The van der Waals surface area contributed by atoms with Gasteiger partial charge in [-0.05, 0) is 56.0 Å². The summed E-state index contributed by atoms with van der Waals surface area (Å²) in [6, 6.07) is 6.23. The van der Waals surface area contributed by atoms with Crippen LogP contribution in [-0.4, -0.2) is 22.4 Å². The van der Waals surface area contributed by atoms with Gasteiger partial charge in [-0.2, -0.15) is 5.10 Å². The summed E-state index contributed by atoms with van der Waals surface area (Å²) in [5.41, 5.74) is 2.09. The summed E-state index contributed by atoms with van der Waals surface area (Å²) >= 11 is 12.1. The molecule has 1 aliphatic rings. The van der Waals surface area contributed by atoms with Crippen LogP contribution in [0.4, 0.5) is 0 Å². The second kappa shape index (κ2) is 6.17. The van der Waals surface area contributed by atoms with E-state index in [1.54, 1.807) is 6.07 Å². The van der Waals surface area contributed by atoms with Crippen molar-refractivity contribution in [1.82, 2.24) is 15.1 Å². The Morgan fingerprint density at radius 1 is 1.30 bits per heavy atom. The molecule has 0 bridgehead atoms. The molecule has 106 valence electrons. The van der Waals surface area contributed by atoms with E-state index in [2.05, 4.69) is 10.4 Å². The van der Waals surface area contributed by atoms with E-state index in [9.17, 15) is 0 Å². The van der Waals surface area contributed by atoms with Crippen molar-refractivity contribution in [3.63, 3.8) is 0 Å². The van der Waals surface area contributed by atoms with Gasteiger partial charge in [0.15, 0.2) is 0 Å². The predicted octanol–water partition coefficient (Wildman–Crippen LogP) is 3.86. The molecule has 0 saturated heterocycles. The molecule has 0 amide bonds. The van der Waals surface area contributed by atoms with Gasteiger partial charge in [0.25, 0.3) is 0 Å². The Balaban J connectivity index is 1.60. The quantitative estimate of drug-likeness (QED) is 0.821. The fraction of sp³-hybridized carbons (Fsp3) is 0.400. The molecule has 5 heteroatoms. The van der Waals surface area contributed by atoms with Gasteiger partial charge in [-0.3, -0.25) is 0 Å². The van der Waals surface area contributed by atoms with Crippen molar-refractivity contribution in [3.8, 4) is 5.69 Å². The van der Waals surface area contributed by atoms with E-state index < -0.39 is 0 Å². The summed E-state index contributed by atoms with van der Waals surface area (Å²) in [4.78, 5) is 0. The summed E-state index contributed by atoms with van der Waals surface area (Å²) in [5, 5.41) is 9.14. The van der Waals surface area contributed by atoms with Crippen LogP contribution in [-0.2, 0) is 6.42 Å². The molecule has 3 nitrogen and oxygen atoms in total. The van der Waals surface area contributed by atoms with Crippen molar-refractivity contribution in [2.75, 3.05) is 6.54 Å². The minimum Gasteiger partial charge on any atom is -0.314 e. The van der Waals surface area contributed by atoms with Gasteiger partial charge in [0.2, 0.25) is 0 Å². The summed E-state index contributed by atoms with van der Waals surface area (Å²) in [5.74, 6) is 0. The Kier molecular flexibility index (Phi) is 4.29. The summed E-state index contributed by atoms with van der Waals surface area (Å²) in [6.07, 6.45) is 8.79. The number of rotatable bonds is 6. The van der Waals surface area contributed by atoms with Crippen LogP contribution < -0.4 is 5.32 Å². The molecule has 2 aromatic rings. The second-order valence-corrected chi connectivity index (χ2v) is 6.06. The van der Waals surface area contributed by atoms with Crippen LogP contribution in [0, 0.1) is 0 Å². The molecule has 0 radical (unpaired) electrons. The zero-order valence-electron chi connectivity index (χ0n) is 11.1. The van der Waals surface area contributed by atoms with Gasteiger partial charge in [0, 0.05) is 17.3 Å². The predicted molar refractivity (Wildman–Crippen MR) is 82.9 cm³/mol. The van der Waals surface area contributed by atoms with Gasteiger partial charge in [-0.15, -0.1) is 0 Å². The zero-order valence-corrected chi connectivity index (χ0v) is 12.7. The van der Waals surface area contributed by atoms with Crippen molar-refractivity contribution in [1.29, 1.82) is 0 Å². The van der Waals surface area contributed by atoms with Crippen LogP contribution in [0.15, 0.2) is 30.6 Å². The average Bonchev–Trinajstić information content (AvgIpc) is 3.13. The molecule has 0 unspecified atom stereocenters. The third-order valence-electron chi connectivity index (χ3n) is 3.45. The Morgan fingerprint density at radius 3 is 2.90 bits per heavy atom. The molecule has 1 saturated carbocycles. The number of hydrogen-bond acceptors (Lipinski definition) is 2. The van der Waals surface area contributed by atoms with Crippen LogP contribution in [0.5, 0.6) is 0 Å². The minimum atomic E-state index is 0.613. The molecule has 1 aromatic heterocycles. The lowest BCUT2D eigenvalue weighted by atomic mass is 10.2.